The van der Waals surface area contributed by atoms with Crippen molar-refractivity contribution in [3.05, 3.63) is 0 Å². The van der Waals surface area contributed by atoms with Crippen molar-refractivity contribution in [1.82, 2.24) is 10.6 Å². The topological polar surface area (TPSA) is 50.4 Å². The van der Waals surface area contributed by atoms with Gasteiger partial charge in [-0.05, 0) is 19.9 Å². The molecule has 16 heavy (non-hydrogen) atoms. The lowest BCUT2D eigenvalue weighted by Crippen LogP contribution is -2.60. The molecule has 2 atom stereocenters. The van der Waals surface area contributed by atoms with Crippen molar-refractivity contribution in [2.75, 3.05) is 13.6 Å². The third-order valence-electron chi connectivity index (χ3n) is 4.38. The molecule has 1 amide bonds. The van der Waals surface area contributed by atoms with Gasteiger partial charge in [0.25, 0.3) is 5.91 Å². The minimum atomic E-state index is -0.537. The molecule has 1 saturated heterocycles. The molecule has 4 nitrogen and oxygen atoms in total. The van der Waals surface area contributed by atoms with Gasteiger partial charge in [-0.2, -0.15) is 0 Å². The third-order valence-corrected chi connectivity index (χ3v) is 4.38. The van der Waals surface area contributed by atoms with E-state index >= 15 is 0 Å². The molecule has 0 aromatic heterocycles. The Labute approximate surface area is 96.1 Å². The molecule has 0 aromatic carbocycles. The Morgan fingerprint density at radius 2 is 2.12 bits per heavy atom. The molecule has 3 rings (SSSR count). The number of nitrogens with one attached hydrogen (secondary N) is 2. The second-order valence-corrected chi connectivity index (χ2v) is 5.46. The van der Waals surface area contributed by atoms with Crippen molar-refractivity contribution in [2.45, 2.75) is 55.8 Å². The molecular formula is C12H20N2O2. The summed E-state index contributed by atoms with van der Waals surface area (Å²) in [7, 11) is 1.90. The smallest absolute Gasteiger partial charge is 0.254 e. The van der Waals surface area contributed by atoms with Gasteiger partial charge in [0.1, 0.15) is 0 Å². The highest BCUT2D eigenvalue weighted by Crippen LogP contribution is 2.48. The number of hydrogen-bond donors (Lipinski definition) is 2. The zero-order chi connectivity index (χ0) is 11.2. The average Bonchev–Trinajstić information content (AvgIpc) is 3.00. The Morgan fingerprint density at radius 3 is 2.75 bits per heavy atom. The molecule has 3 fully saturated rings. The number of carbonyl (C=O) groups excluding carboxylic acids is 1. The average molecular weight is 224 g/mol. The quantitative estimate of drug-likeness (QED) is 0.684. The van der Waals surface area contributed by atoms with Crippen LogP contribution in [0.15, 0.2) is 0 Å². The molecule has 1 heterocycles. The summed E-state index contributed by atoms with van der Waals surface area (Å²) in [5.74, 6) is 0.0862. The highest BCUT2D eigenvalue weighted by Gasteiger charge is 2.66. The number of rotatable bonds is 1. The van der Waals surface area contributed by atoms with E-state index in [-0.39, 0.29) is 17.6 Å². The van der Waals surface area contributed by atoms with Crippen molar-refractivity contribution in [2.24, 2.45) is 0 Å². The van der Waals surface area contributed by atoms with Crippen molar-refractivity contribution in [3.8, 4) is 0 Å². The first kappa shape index (κ1) is 10.5. The summed E-state index contributed by atoms with van der Waals surface area (Å²) in [4.78, 5) is 11.9. The van der Waals surface area contributed by atoms with E-state index in [0.717, 1.165) is 19.3 Å². The van der Waals surface area contributed by atoms with Gasteiger partial charge in [-0.1, -0.05) is 19.3 Å². The van der Waals surface area contributed by atoms with Crippen molar-refractivity contribution >= 4 is 5.91 Å². The Bertz CT molecular complexity index is 312. The van der Waals surface area contributed by atoms with E-state index in [0.29, 0.717) is 6.54 Å². The monoisotopic (exact) mass is 224 g/mol. The molecular weight excluding hydrogens is 204 g/mol. The standard InChI is InChI=1S/C12H20N2O2/c1-13-9-7-12(9)10(15)14-8-11(16-12)5-3-2-4-6-11/h9,13H,2-8H2,1H3,(H,14,15). The van der Waals surface area contributed by atoms with Crippen LogP contribution in [0.25, 0.3) is 0 Å². The zero-order valence-electron chi connectivity index (χ0n) is 9.84. The van der Waals surface area contributed by atoms with Crippen LogP contribution >= 0.6 is 0 Å². The van der Waals surface area contributed by atoms with Gasteiger partial charge in [-0.25, -0.2) is 0 Å². The largest absolute Gasteiger partial charge is 0.355 e. The maximum absolute atomic E-state index is 11.9. The van der Waals surface area contributed by atoms with Crippen molar-refractivity contribution < 1.29 is 9.53 Å². The number of likely N-dealkylation sites (N-methyl/N-ethyl adjacent to an activating group) is 1. The Kier molecular flexibility index (Phi) is 2.27. The molecule has 2 saturated carbocycles. The van der Waals surface area contributed by atoms with Crippen LogP contribution in [-0.4, -0.2) is 36.7 Å². The molecule has 2 aliphatic carbocycles. The number of morpholine rings is 1. The van der Waals surface area contributed by atoms with Gasteiger partial charge in [-0.3, -0.25) is 4.79 Å². The molecule has 90 valence electrons. The second kappa shape index (κ2) is 3.44. The van der Waals surface area contributed by atoms with Gasteiger partial charge in [-0.15, -0.1) is 0 Å². The van der Waals surface area contributed by atoms with Gasteiger partial charge in [0.05, 0.1) is 5.60 Å². The van der Waals surface area contributed by atoms with Gasteiger partial charge < -0.3 is 15.4 Å². The SMILES string of the molecule is CNC1CC12OC1(CCCCC1)CNC2=O. The number of ether oxygens (including phenoxy) is 1. The van der Waals surface area contributed by atoms with E-state index < -0.39 is 5.60 Å². The maximum atomic E-state index is 11.9. The zero-order valence-corrected chi connectivity index (χ0v) is 9.84. The maximum Gasteiger partial charge on any atom is 0.254 e. The highest BCUT2D eigenvalue weighted by molar-refractivity contribution is 5.90. The summed E-state index contributed by atoms with van der Waals surface area (Å²) in [5.41, 5.74) is -0.595. The fourth-order valence-electron chi connectivity index (χ4n) is 3.28. The van der Waals surface area contributed by atoms with Crippen LogP contribution in [0.3, 0.4) is 0 Å². The van der Waals surface area contributed by atoms with E-state index in [1.807, 2.05) is 7.05 Å². The predicted octanol–water partition coefficient (Wildman–Crippen LogP) is 0.566. The summed E-state index contributed by atoms with van der Waals surface area (Å²) in [6, 6.07) is 0.214. The summed E-state index contributed by atoms with van der Waals surface area (Å²) in [6.45, 7) is 0.712. The van der Waals surface area contributed by atoms with Crippen LogP contribution in [-0.2, 0) is 9.53 Å². The fourth-order valence-corrected chi connectivity index (χ4v) is 3.28. The lowest BCUT2D eigenvalue weighted by molar-refractivity contribution is -0.176. The Hall–Kier alpha value is -0.610. The molecule has 3 aliphatic rings. The first-order chi connectivity index (χ1) is 7.71. The van der Waals surface area contributed by atoms with Gasteiger partial charge in [0.2, 0.25) is 0 Å². The van der Waals surface area contributed by atoms with E-state index in [1.54, 1.807) is 0 Å². The molecule has 0 radical (unpaired) electrons. The van der Waals surface area contributed by atoms with E-state index in [9.17, 15) is 4.79 Å². The Balaban J connectivity index is 1.78. The number of amides is 1. The molecule has 0 aromatic rings. The van der Waals surface area contributed by atoms with Crippen LogP contribution in [0.2, 0.25) is 0 Å². The Morgan fingerprint density at radius 1 is 1.38 bits per heavy atom. The van der Waals surface area contributed by atoms with Crippen LogP contribution < -0.4 is 10.6 Å². The molecule has 0 bridgehead atoms. The fraction of sp³-hybridized carbons (Fsp3) is 0.917. The minimum Gasteiger partial charge on any atom is -0.355 e. The number of hydrogen-bond acceptors (Lipinski definition) is 3. The molecule has 1 aliphatic heterocycles. The lowest BCUT2D eigenvalue weighted by atomic mass is 9.83. The van der Waals surface area contributed by atoms with Crippen LogP contribution in [0, 0.1) is 0 Å². The summed E-state index contributed by atoms with van der Waals surface area (Å²) >= 11 is 0. The van der Waals surface area contributed by atoms with Crippen molar-refractivity contribution in [1.29, 1.82) is 0 Å². The normalized spacial score (nSPS) is 41.1. The molecule has 2 N–H and O–H groups in total. The highest BCUT2D eigenvalue weighted by atomic mass is 16.5. The summed E-state index contributed by atoms with van der Waals surface area (Å²) < 4.78 is 6.25. The number of carbonyl (C=O) groups is 1. The predicted molar refractivity (Wildman–Crippen MR) is 60.1 cm³/mol. The molecule has 4 heteroatoms. The van der Waals surface area contributed by atoms with Crippen LogP contribution in [0.5, 0.6) is 0 Å². The molecule has 2 spiro atoms. The molecule has 2 unspecified atom stereocenters. The van der Waals surface area contributed by atoms with E-state index in [2.05, 4.69) is 10.6 Å². The van der Waals surface area contributed by atoms with Crippen molar-refractivity contribution in [3.63, 3.8) is 0 Å². The van der Waals surface area contributed by atoms with Crippen LogP contribution in [0.1, 0.15) is 38.5 Å². The van der Waals surface area contributed by atoms with Gasteiger partial charge in [0.15, 0.2) is 5.60 Å². The van der Waals surface area contributed by atoms with Crippen LogP contribution in [0.4, 0.5) is 0 Å². The van der Waals surface area contributed by atoms with Gasteiger partial charge in [0, 0.05) is 19.0 Å². The summed E-state index contributed by atoms with van der Waals surface area (Å²) in [6.07, 6.45) is 6.81. The van der Waals surface area contributed by atoms with E-state index in [1.165, 1.54) is 19.3 Å². The first-order valence-corrected chi connectivity index (χ1v) is 6.37. The second-order valence-electron chi connectivity index (χ2n) is 5.46. The minimum absolute atomic E-state index is 0.0578. The summed E-state index contributed by atoms with van der Waals surface area (Å²) in [5, 5.41) is 6.22. The van der Waals surface area contributed by atoms with Gasteiger partial charge >= 0.3 is 0 Å². The lowest BCUT2D eigenvalue weighted by Gasteiger charge is -2.44. The first-order valence-electron chi connectivity index (χ1n) is 6.37. The third kappa shape index (κ3) is 1.39. The van der Waals surface area contributed by atoms with E-state index in [4.69, 9.17) is 4.74 Å².